The summed E-state index contributed by atoms with van der Waals surface area (Å²) in [5.41, 5.74) is 2.98. The van der Waals surface area contributed by atoms with E-state index >= 15 is 0 Å². The van der Waals surface area contributed by atoms with E-state index in [0.717, 1.165) is 16.7 Å². The zero-order valence-electron chi connectivity index (χ0n) is 16.2. The van der Waals surface area contributed by atoms with Gasteiger partial charge in [0.15, 0.2) is 5.52 Å². The van der Waals surface area contributed by atoms with Crippen LogP contribution < -0.4 is 10.9 Å². The third-order valence-corrected chi connectivity index (χ3v) is 4.89. The summed E-state index contributed by atoms with van der Waals surface area (Å²) < 4.78 is 5.47. The first kappa shape index (κ1) is 18.6. The van der Waals surface area contributed by atoms with Crippen LogP contribution >= 0.6 is 0 Å². The third kappa shape index (κ3) is 3.67. The van der Waals surface area contributed by atoms with Crippen LogP contribution in [0.25, 0.3) is 22.0 Å². The second-order valence-electron chi connectivity index (χ2n) is 6.97. The van der Waals surface area contributed by atoms with Gasteiger partial charge in [0, 0.05) is 17.1 Å². The Morgan fingerprint density at radius 3 is 2.45 bits per heavy atom. The van der Waals surface area contributed by atoms with Crippen LogP contribution in [0.4, 0.5) is 0 Å². The average Bonchev–Trinajstić information content (AvgIpc) is 2.75. The molecule has 1 amide bonds. The van der Waals surface area contributed by atoms with Crippen LogP contribution in [-0.4, -0.2) is 10.9 Å². The number of hydrogen-bond acceptors (Lipinski definition) is 4. The minimum absolute atomic E-state index is 0.0119. The molecule has 1 N–H and O–H groups in total. The van der Waals surface area contributed by atoms with Crippen LogP contribution in [0.3, 0.4) is 0 Å². The summed E-state index contributed by atoms with van der Waals surface area (Å²) in [4.78, 5) is 29.8. The molecule has 0 aliphatic heterocycles. The predicted molar refractivity (Wildman–Crippen MR) is 113 cm³/mol. The molecule has 4 rings (SSSR count). The lowest BCUT2D eigenvalue weighted by Gasteiger charge is -2.16. The van der Waals surface area contributed by atoms with Gasteiger partial charge >= 0.3 is 5.63 Å². The van der Waals surface area contributed by atoms with Crippen LogP contribution in [0.2, 0.25) is 0 Å². The van der Waals surface area contributed by atoms with Crippen molar-refractivity contribution in [1.29, 1.82) is 0 Å². The molecule has 0 aliphatic carbocycles. The molecule has 5 heteroatoms. The van der Waals surface area contributed by atoms with Gasteiger partial charge in [-0.25, -0.2) is 9.78 Å². The van der Waals surface area contributed by atoms with E-state index in [-0.39, 0.29) is 17.3 Å². The number of nitrogens with zero attached hydrogens (tertiary/aromatic N) is 1. The number of amides is 1. The minimum Gasteiger partial charge on any atom is -0.415 e. The number of aromatic nitrogens is 1. The van der Waals surface area contributed by atoms with Crippen LogP contribution in [0.1, 0.15) is 34.6 Å². The Kier molecular flexibility index (Phi) is 4.96. The largest absolute Gasteiger partial charge is 0.415 e. The molecule has 0 bridgehead atoms. The molecule has 2 aromatic carbocycles. The molecule has 2 heterocycles. The molecule has 1 atom stereocenters. The van der Waals surface area contributed by atoms with Gasteiger partial charge in [-0.3, -0.25) is 4.79 Å². The Morgan fingerprint density at radius 1 is 1.00 bits per heavy atom. The van der Waals surface area contributed by atoms with Gasteiger partial charge in [-0.05, 0) is 31.0 Å². The highest BCUT2D eigenvalue weighted by Crippen LogP contribution is 2.30. The number of nitrogens with one attached hydrogen (secondary N) is 1. The number of carbonyl (C=O) groups is 1. The maximum Gasteiger partial charge on any atom is 0.363 e. The van der Waals surface area contributed by atoms with E-state index in [0.29, 0.717) is 10.9 Å². The second-order valence-corrected chi connectivity index (χ2v) is 6.97. The monoisotopic (exact) mass is 384 g/mol. The van der Waals surface area contributed by atoms with E-state index in [1.807, 2.05) is 68.4 Å². The molecule has 4 aromatic rings. The number of pyridine rings is 1. The summed E-state index contributed by atoms with van der Waals surface area (Å²) in [6.07, 6.45) is 1.54. The van der Waals surface area contributed by atoms with Gasteiger partial charge in [0.25, 0.3) is 5.91 Å². The predicted octanol–water partition coefficient (Wildman–Crippen LogP) is 4.65. The lowest BCUT2D eigenvalue weighted by Crippen LogP contribution is -2.28. The summed E-state index contributed by atoms with van der Waals surface area (Å²) in [6, 6.07) is 20.6. The van der Waals surface area contributed by atoms with Gasteiger partial charge in [-0.2, -0.15) is 0 Å². The summed E-state index contributed by atoms with van der Waals surface area (Å²) >= 11 is 0. The lowest BCUT2D eigenvalue weighted by atomic mass is 9.98. The highest BCUT2D eigenvalue weighted by Gasteiger charge is 2.23. The van der Waals surface area contributed by atoms with Crippen molar-refractivity contribution in [2.75, 3.05) is 0 Å². The highest BCUT2D eigenvalue weighted by molar-refractivity contribution is 6.06. The van der Waals surface area contributed by atoms with Crippen molar-refractivity contribution in [1.82, 2.24) is 10.3 Å². The fraction of sp³-hybridized carbons (Fsp3) is 0.125. The third-order valence-electron chi connectivity index (χ3n) is 4.89. The van der Waals surface area contributed by atoms with E-state index < -0.39 is 11.5 Å². The van der Waals surface area contributed by atoms with E-state index in [2.05, 4.69) is 10.3 Å². The molecule has 0 fully saturated rings. The maximum atomic E-state index is 13.1. The molecule has 29 heavy (non-hydrogen) atoms. The Labute approximate surface area is 168 Å². The van der Waals surface area contributed by atoms with Gasteiger partial charge in [-0.1, -0.05) is 66.2 Å². The number of carbonyl (C=O) groups excluding carboxylic acids is 1. The number of hydrogen-bond donors (Lipinski definition) is 1. The van der Waals surface area contributed by atoms with Crippen LogP contribution in [0.5, 0.6) is 0 Å². The first-order valence-corrected chi connectivity index (χ1v) is 9.39. The number of fused-ring (bicyclic) bond motifs is 1. The van der Waals surface area contributed by atoms with Gasteiger partial charge < -0.3 is 9.73 Å². The van der Waals surface area contributed by atoms with Crippen molar-refractivity contribution in [3.63, 3.8) is 0 Å². The highest BCUT2D eigenvalue weighted by atomic mass is 16.4. The van der Waals surface area contributed by atoms with Crippen molar-refractivity contribution in [3.8, 4) is 11.1 Å². The Hall–Kier alpha value is -3.73. The zero-order valence-corrected chi connectivity index (χ0v) is 16.2. The van der Waals surface area contributed by atoms with Gasteiger partial charge in [-0.15, -0.1) is 0 Å². The molecular weight excluding hydrogens is 364 g/mol. The van der Waals surface area contributed by atoms with Crippen molar-refractivity contribution in [3.05, 3.63) is 100 Å². The van der Waals surface area contributed by atoms with Crippen LogP contribution in [0.15, 0.2) is 82.1 Å². The summed E-state index contributed by atoms with van der Waals surface area (Å²) in [6.45, 7) is 3.88. The molecule has 0 unspecified atom stereocenters. The first-order valence-electron chi connectivity index (χ1n) is 9.39. The number of rotatable bonds is 4. The zero-order chi connectivity index (χ0) is 20.4. The Balaban J connectivity index is 1.85. The average molecular weight is 384 g/mol. The molecule has 2 aromatic heterocycles. The fourth-order valence-corrected chi connectivity index (χ4v) is 3.34. The van der Waals surface area contributed by atoms with E-state index in [4.69, 9.17) is 4.42 Å². The Morgan fingerprint density at radius 2 is 1.72 bits per heavy atom. The minimum atomic E-state index is -0.631. The summed E-state index contributed by atoms with van der Waals surface area (Å²) in [5, 5.41) is 3.52. The molecule has 0 aliphatic rings. The summed E-state index contributed by atoms with van der Waals surface area (Å²) in [5.74, 6) is -0.457. The fourth-order valence-electron chi connectivity index (χ4n) is 3.34. The molecule has 0 radical (unpaired) electrons. The SMILES string of the molecule is Cc1ccc(-c2c(C(=O)N[C@@H](C)c3ccccc3)oc(=O)c3ncccc23)cc1. The number of aryl methyl sites for hydroxylation is 1. The van der Waals surface area contributed by atoms with Crippen LogP contribution in [0, 0.1) is 6.92 Å². The molecular formula is C24H20N2O3. The van der Waals surface area contributed by atoms with E-state index in [9.17, 15) is 9.59 Å². The van der Waals surface area contributed by atoms with Crippen molar-refractivity contribution >= 4 is 16.8 Å². The molecule has 0 spiro atoms. The molecule has 0 saturated carbocycles. The maximum absolute atomic E-state index is 13.1. The normalized spacial score (nSPS) is 11.9. The van der Waals surface area contributed by atoms with Crippen LogP contribution in [-0.2, 0) is 0 Å². The second kappa shape index (κ2) is 7.72. The standard InChI is InChI=1S/C24H20N2O3/c1-15-10-12-18(13-11-15)20-19-9-6-14-25-21(19)24(28)29-22(20)23(27)26-16(2)17-7-4-3-5-8-17/h3-14,16H,1-2H3,(H,26,27)/t16-/m0/s1. The number of benzene rings is 2. The van der Waals surface area contributed by atoms with E-state index in [1.54, 1.807) is 12.1 Å². The first-order chi connectivity index (χ1) is 14.0. The smallest absolute Gasteiger partial charge is 0.363 e. The molecule has 144 valence electrons. The van der Waals surface area contributed by atoms with Gasteiger partial charge in [0.1, 0.15) is 0 Å². The summed E-state index contributed by atoms with van der Waals surface area (Å²) in [7, 11) is 0. The van der Waals surface area contributed by atoms with Crippen molar-refractivity contribution < 1.29 is 9.21 Å². The molecule has 5 nitrogen and oxygen atoms in total. The van der Waals surface area contributed by atoms with Gasteiger partial charge in [0.2, 0.25) is 5.76 Å². The van der Waals surface area contributed by atoms with Crippen molar-refractivity contribution in [2.24, 2.45) is 0 Å². The van der Waals surface area contributed by atoms with E-state index in [1.165, 1.54) is 6.20 Å². The molecule has 0 saturated heterocycles. The topological polar surface area (TPSA) is 72.2 Å². The lowest BCUT2D eigenvalue weighted by molar-refractivity contribution is 0.0909. The van der Waals surface area contributed by atoms with Gasteiger partial charge in [0.05, 0.1) is 6.04 Å². The van der Waals surface area contributed by atoms with Crippen molar-refractivity contribution in [2.45, 2.75) is 19.9 Å². The quantitative estimate of drug-likeness (QED) is 0.556. The Bertz CT molecular complexity index is 1230.